The third kappa shape index (κ3) is 3.13. The zero-order valence-electron chi connectivity index (χ0n) is 10.3. The van der Waals surface area contributed by atoms with Crippen molar-refractivity contribution >= 4 is 46.1 Å². The number of nitriles is 1. The second-order valence-electron chi connectivity index (χ2n) is 3.91. The van der Waals surface area contributed by atoms with E-state index >= 15 is 0 Å². The monoisotopic (exact) mass is 323 g/mol. The summed E-state index contributed by atoms with van der Waals surface area (Å²) in [5.41, 5.74) is 5.70. The summed E-state index contributed by atoms with van der Waals surface area (Å²) in [5.74, 6) is 0.244. The van der Waals surface area contributed by atoms with Gasteiger partial charge in [0.25, 0.3) is 0 Å². The molecule has 9 heteroatoms. The molecule has 0 aliphatic rings. The van der Waals surface area contributed by atoms with E-state index in [0.717, 1.165) is 0 Å². The van der Waals surface area contributed by atoms with Crippen molar-refractivity contribution in [2.45, 2.75) is 0 Å². The molecule has 0 spiro atoms. The lowest BCUT2D eigenvalue weighted by Gasteiger charge is -2.09. The molecule has 1 aromatic carbocycles. The summed E-state index contributed by atoms with van der Waals surface area (Å²) in [6.45, 7) is 0. The van der Waals surface area contributed by atoms with Crippen LogP contribution < -0.4 is 11.1 Å². The Morgan fingerprint density at radius 1 is 1.33 bits per heavy atom. The Kier molecular flexibility index (Phi) is 4.12. The molecule has 0 atom stereocenters. The predicted octanol–water partition coefficient (Wildman–Crippen LogP) is 3.49. The number of halogens is 2. The van der Waals surface area contributed by atoms with E-state index in [9.17, 15) is 10.1 Å². The fraction of sp³-hybridized carbons (Fsp3) is 0. The summed E-state index contributed by atoms with van der Waals surface area (Å²) in [4.78, 5) is 13.9. The van der Waals surface area contributed by atoms with E-state index < -0.39 is 4.92 Å². The molecular weight excluding hydrogens is 317 g/mol. The Morgan fingerprint density at radius 3 is 2.48 bits per heavy atom. The summed E-state index contributed by atoms with van der Waals surface area (Å²) in [6, 6.07) is 7.28. The quantitative estimate of drug-likeness (QED) is 0.507. The van der Waals surface area contributed by atoms with Crippen molar-refractivity contribution in [2.24, 2.45) is 0 Å². The van der Waals surface area contributed by atoms with Crippen LogP contribution in [0.3, 0.4) is 0 Å². The molecule has 0 unspecified atom stereocenters. The van der Waals surface area contributed by atoms with Crippen LogP contribution >= 0.6 is 23.2 Å². The molecule has 0 aliphatic heterocycles. The molecule has 0 saturated carbocycles. The van der Waals surface area contributed by atoms with Crippen LogP contribution in [0.4, 0.5) is 22.9 Å². The van der Waals surface area contributed by atoms with Gasteiger partial charge in [-0.05, 0) is 18.2 Å². The van der Waals surface area contributed by atoms with E-state index in [1.165, 1.54) is 24.3 Å². The number of nitrogens with zero attached hydrogens (tertiary/aromatic N) is 3. The highest BCUT2D eigenvalue weighted by Crippen LogP contribution is 2.32. The molecule has 2 aromatic rings. The summed E-state index contributed by atoms with van der Waals surface area (Å²) < 4.78 is 0. The fourth-order valence-corrected chi connectivity index (χ4v) is 2.04. The van der Waals surface area contributed by atoms with Crippen LogP contribution in [-0.4, -0.2) is 9.91 Å². The maximum atomic E-state index is 10.7. The van der Waals surface area contributed by atoms with Crippen LogP contribution in [0.1, 0.15) is 5.69 Å². The summed E-state index contributed by atoms with van der Waals surface area (Å²) >= 11 is 11.8. The molecule has 1 aromatic heterocycles. The average Bonchev–Trinajstić information content (AvgIpc) is 2.44. The van der Waals surface area contributed by atoms with E-state index in [-0.39, 0.29) is 32.9 Å². The average molecular weight is 324 g/mol. The van der Waals surface area contributed by atoms with E-state index in [4.69, 9.17) is 34.2 Å². The highest BCUT2D eigenvalue weighted by molar-refractivity contribution is 6.39. The first kappa shape index (κ1) is 14.8. The molecule has 2 rings (SSSR count). The molecule has 3 N–H and O–H groups in total. The lowest BCUT2D eigenvalue weighted by molar-refractivity contribution is -0.385. The third-order valence-corrected chi connectivity index (χ3v) is 3.15. The van der Waals surface area contributed by atoms with Gasteiger partial charge in [-0.1, -0.05) is 23.2 Å². The number of rotatable bonds is 3. The number of nitrogen functional groups attached to an aromatic ring is 1. The normalized spacial score (nSPS) is 9.95. The van der Waals surface area contributed by atoms with Gasteiger partial charge in [-0.2, -0.15) is 5.26 Å². The SMILES string of the molecule is N#Cc1nc(Nc2cc(Cl)c(N)c(Cl)c2)ccc1[N+](=O)[O-]. The van der Waals surface area contributed by atoms with Gasteiger partial charge in [0.15, 0.2) is 0 Å². The molecule has 0 saturated heterocycles. The van der Waals surface area contributed by atoms with Crippen molar-refractivity contribution < 1.29 is 4.92 Å². The highest BCUT2D eigenvalue weighted by Gasteiger charge is 2.15. The molecule has 0 bridgehead atoms. The minimum Gasteiger partial charge on any atom is -0.396 e. The number of nitrogens with two attached hydrogens (primary N) is 1. The van der Waals surface area contributed by atoms with E-state index in [1.54, 1.807) is 6.07 Å². The Morgan fingerprint density at radius 2 is 1.95 bits per heavy atom. The minimum atomic E-state index is -0.674. The zero-order valence-corrected chi connectivity index (χ0v) is 11.8. The molecule has 0 fully saturated rings. The van der Waals surface area contributed by atoms with E-state index in [1.807, 2.05) is 0 Å². The Bertz CT molecular complexity index is 750. The zero-order chi connectivity index (χ0) is 15.6. The van der Waals surface area contributed by atoms with Crippen molar-refractivity contribution in [1.82, 2.24) is 4.98 Å². The van der Waals surface area contributed by atoms with Crippen molar-refractivity contribution in [3.63, 3.8) is 0 Å². The van der Waals surface area contributed by atoms with E-state index in [2.05, 4.69) is 10.3 Å². The number of aromatic nitrogens is 1. The van der Waals surface area contributed by atoms with Crippen molar-refractivity contribution in [2.75, 3.05) is 11.1 Å². The molecular formula is C12H7Cl2N5O2. The van der Waals surface area contributed by atoms with E-state index in [0.29, 0.717) is 5.69 Å². The Labute approximate surface area is 129 Å². The number of pyridine rings is 1. The first-order chi connectivity index (χ1) is 9.92. The molecule has 1 heterocycles. The maximum absolute atomic E-state index is 10.7. The molecule has 0 amide bonds. The second kappa shape index (κ2) is 5.83. The molecule has 21 heavy (non-hydrogen) atoms. The Balaban J connectivity index is 2.37. The van der Waals surface area contributed by atoms with Crippen molar-refractivity contribution in [1.29, 1.82) is 5.26 Å². The summed E-state index contributed by atoms with van der Waals surface area (Å²) in [7, 11) is 0. The summed E-state index contributed by atoms with van der Waals surface area (Å²) in [6.07, 6.45) is 0. The Hall–Kier alpha value is -2.56. The molecule has 106 valence electrons. The summed E-state index contributed by atoms with van der Waals surface area (Å²) in [5, 5.41) is 23.0. The second-order valence-corrected chi connectivity index (χ2v) is 4.73. The van der Waals surface area contributed by atoms with Crippen molar-refractivity contribution in [3.05, 3.63) is 50.1 Å². The van der Waals surface area contributed by atoms with Crippen LogP contribution in [0.2, 0.25) is 10.0 Å². The predicted molar refractivity (Wildman–Crippen MR) is 79.8 cm³/mol. The molecule has 0 radical (unpaired) electrons. The maximum Gasteiger partial charge on any atom is 0.305 e. The van der Waals surface area contributed by atoms with Gasteiger partial charge in [-0.3, -0.25) is 10.1 Å². The van der Waals surface area contributed by atoms with Gasteiger partial charge in [-0.15, -0.1) is 0 Å². The van der Waals surface area contributed by atoms with Crippen LogP contribution in [0.5, 0.6) is 0 Å². The van der Waals surface area contributed by atoms with Gasteiger partial charge >= 0.3 is 5.69 Å². The number of anilines is 3. The first-order valence-corrected chi connectivity index (χ1v) is 6.25. The van der Waals surface area contributed by atoms with Gasteiger partial charge in [0.05, 0.1) is 20.7 Å². The van der Waals surface area contributed by atoms with Gasteiger partial charge in [0.2, 0.25) is 5.69 Å². The van der Waals surface area contributed by atoms with Gasteiger partial charge in [0.1, 0.15) is 11.9 Å². The van der Waals surface area contributed by atoms with Crippen LogP contribution in [0.25, 0.3) is 0 Å². The van der Waals surface area contributed by atoms with Crippen LogP contribution in [0.15, 0.2) is 24.3 Å². The van der Waals surface area contributed by atoms with Gasteiger partial charge in [0, 0.05) is 11.8 Å². The third-order valence-electron chi connectivity index (χ3n) is 2.53. The lowest BCUT2D eigenvalue weighted by Crippen LogP contribution is -2.00. The van der Waals surface area contributed by atoms with Crippen molar-refractivity contribution in [3.8, 4) is 6.07 Å². The smallest absolute Gasteiger partial charge is 0.305 e. The lowest BCUT2D eigenvalue weighted by atomic mass is 10.2. The number of hydrogen-bond acceptors (Lipinski definition) is 6. The van der Waals surface area contributed by atoms with Gasteiger partial charge < -0.3 is 11.1 Å². The van der Waals surface area contributed by atoms with Gasteiger partial charge in [-0.25, -0.2) is 4.98 Å². The topological polar surface area (TPSA) is 118 Å². The number of nitrogens with one attached hydrogen (secondary N) is 1. The standard InChI is InChI=1S/C12H7Cl2N5O2/c13-7-3-6(4-8(14)12(7)16)17-11-2-1-10(19(20)21)9(5-15)18-11/h1-4H,16H2,(H,17,18). The fourth-order valence-electron chi connectivity index (χ4n) is 1.56. The minimum absolute atomic E-state index is 0.244. The molecule has 7 nitrogen and oxygen atoms in total. The van der Waals surface area contributed by atoms with Crippen LogP contribution in [-0.2, 0) is 0 Å². The first-order valence-electron chi connectivity index (χ1n) is 5.49. The largest absolute Gasteiger partial charge is 0.396 e. The molecule has 0 aliphatic carbocycles. The van der Waals surface area contributed by atoms with Crippen LogP contribution in [0, 0.1) is 21.4 Å². The number of hydrogen-bond donors (Lipinski definition) is 2. The number of nitro groups is 1. The highest BCUT2D eigenvalue weighted by atomic mass is 35.5. The number of benzene rings is 1.